The van der Waals surface area contributed by atoms with Crippen molar-refractivity contribution in [1.29, 1.82) is 0 Å². The third-order valence-corrected chi connectivity index (χ3v) is 3.02. The first-order chi connectivity index (χ1) is 10.1. The lowest BCUT2D eigenvalue weighted by Gasteiger charge is -2.16. The summed E-state index contributed by atoms with van der Waals surface area (Å²) in [7, 11) is 1.59. The van der Waals surface area contributed by atoms with Crippen LogP contribution in [0.5, 0.6) is 5.75 Å². The minimum Gasteiger partial charge on any atom is -0.497 e. The maximum absolute atomic E-state index is 11.7. The van der Waals surface area contributed by atoms with E-state index in [4.69, 9.17) is 14.2 Å². The third-order valence-electron chi connectivity index (χ3n) is 3.02. The van der Waals surface area contributed by atoms with Crippen molar-refractivity contribution < 1.29 is 23.8 Å². The Balaban J connectivity index is 2.82. The van der Waals surface area contributed by atoms with Gasteiger partial charge in [0.05, 0.1) is 33.2 Å². The molecule has 0 aliphatic heterocycles. The molecule has 1 rings (SSSR count). The molecular formula is C16H22O5. The van der Waals surface area contributed by atoms with Gasteiger partial charge in [0.1, 0.15) is 5.75 Å². The van der Waals surface area contributed by atoms with E-state index < -0.39 is 0 Å². The summed E-state index contributed by atoms with van der Waals surface area (Å²) in [5.74, 6) is -0.163. The zero-order valence-corrected chi connectivity index (χ0v) is 12.8. The Morgan fingerprint density at radius 1 is 0.952 bits per heavy atom. The van der Waals surface area contributed by atoms with Crippen molar-refractivity contribution in [3.8, 4) is 5.75 Å². The molecule has 0 fully saturated rings. The molecule has 1 aromatic carbocycles. The van der Waals surface area contributed by atoms with Crippen LogP contribution >= 0.6 is 0 Å². The van der Waals surface area contributed by atoms with Crippen molar-refractivity contribution in [2.75, 3.05) is 20.3 Å². The number of rotatable bonds is 8. The molecule has 0 bridgehead atoms. The predicted molar refractivity (Wildman–Crippen MR) is 78.2 cm³/mol. The molecular weight excluding hydrogens is 272 g/mol. The fourth-order valence-corrected chi connectivity index (χ4v) is 2.03. The van der Waals surface area contributed by atoms with E-state index in [-0.39, 0.29) is 30.7 Å². The SMILES string of the molecule is CCOC(=O)CC(CC(=O)OCC)c1ccc(OC)cc1. The third kappa shape index (κ3) is 5.85. The molecule has 0 aliphatic rings. The Labute approximate surface area is 125 Å². The van der Waals surface area contributed by atoms with Gasteiger partial charge in [0, 0.05) is 5.92 Å². The number of hydrogen-bond acceptors (Lipinski definition) is 5. The number of carbonyl (C=O) groups is 2. The predicted octanol–water partition coefficient (Wildman–Crippen LogP) is 2.69. The van der Waals surface area contributed by atoms with Crippen molar-refractivity contribution >= 4 is 11.9 Å². The van der Waals surface area contributed by atoms with Gasteiger partial charge in [0.2, 0.25) is 0 Å². The molecule has 0 amide bonds. The lowest BCUT2D eigenvalue weighted by molar-refractivity contribution is -0.145. The molecule has 0 radical (unpaired) electrons. The number of benzene rings is 1. The Morgan fingerprint density at radius 3 is 1.81 bits per heavy atom. The van der Waals surface area contributed by atoms with Crippen LogP contribution in [0.2, 0.25) is 0 Å². The van der Waals surface area contributed by atoms with E-state index in [9.17, 15) is 9.59 Å². The lowest BCUT2D eigenvalue weighted by atomic mass is 9.92. The molecule has 0 unspecified atom stereocenters. The van der Waals surface area contributed by atoms with E-state index in [1.54, 1.807) is 33.1 Å². The maximum atomic E-state index is 11.7. The Morgan fingerprint density at radius 2 is 1.43 bits per heavy atom. The molecule has 0 atom stereocenters. The van der Waals surface area contributed by atoms with Crippen LogP contribution in [0.25, 0.3) is 0 Å². The number of hydrogen-bond donors (Lipinski definition) is 0. The second-order valence-corrected chi connectivity index (χ2v) is 4.49. The topological polar surface area (TPSA) is 61.8 Å². The van der Waals surface area contributed by atoms with Crippen molar-refractivity contribution in [1.82, 2.24) is 0 Å². The van der Waals surface area contributed by atoms with Gasteiger partial charge in [-0.05, 0) is 31.5 Å². The van der Waals surface area contributed by atoms with Crippen LogP contribution in [0.15, 0.2) is 24.3 Å². The Bertz CT molecular complexity index is 432. The van der Waals surface area contributed by atoms with Gasteiger partial charge in [-0.25, -0.2) is 0 Å². The highest BCUT2D eigenvalue weighted by atomic mass is 16.5. The number of ether oxygens (including phenoxy) is 3. The smallest absolute Gasteiger partial charge is 0.306 e. The quantitative estimate of drug-likeness (QED) is 0.690. The monoisotopic (exact) mass is 294 g/mol. The summed E-state index contributed by atoms with van der Waals surface area (Å²) in [5.41, 5.74) is 0.886. The first kappa shape index (κ1) is 17.0. The van der Waals surface area contributed by atoms with Gasteiger partial charge >= 0.3 is 11.9 Å². The van der Waals surface area contributed by atoms with Crippen molar-refractivity contribution in [3.63, 3.8) is 0 Å². The van der Waals surface area contributed by atoms with Gasteiger partial charge in [-0.2, -0.15) is 0 Å². The molecule has 0 heterocycles. The van der Waals surface area contributed by atoms with Crippen LogP contribution in [-0.2, 0) is 19.1 Å². The summed E-state index contributed by atoms with van der Waals surface area (Å²) in [5, 5.41) is 0. The van der Waals surface area contributed by atoms with Crippen LogP contribution in [0.3, 0.4) is 0 Å². The summed E-state index contributed by atoms with van der Waals surface area (Å²) in [4.78, 5) is 23.4. The van der Waals surface area contributed by atoms with E-state index >= 15 is 0 Å². The van der Waals surface area contributed by atoms with Gasteiger partial charge in [0.15, 0.2) is 0 Å². The highest BCUT2D eigenvalue weighted by Crippen LogP contribution is 2.26. The second-order valence-electron chi connectivity index (χ2n) is 4.49. The fourth-order valence-electron chi connectivity index (χ4n) is 2.03. The molecule has 0 saturated heterocycles. The minimum absolute atomic E-state index is 0.152. The second kappa shape index (κ2) is 9.00. The first-order valence-corrected chi connectivity index (χ1v) is 7.05. The van der Waals surface area contributed by atoms with Gasteiger partial charge < -0.3 is 14.2 Å². The molecule has 1 aromatic rings. The Kier molecular flexibility index (Phi) is 7.29. The highest BCUT2D eigenvalue weighted by molar-refractivity contribution is 5.74. The maximum Gasteiger partial charge on any atom is 0.306 e. The fraction of sp³-hybridized carbons (Fsp3) is 0.500. The van der Waals surface area contributed by atoms with Crippen LogP contribution in [0.4, 0.5) is 0 Å². The standard InChI is InChI=1S/C16H22O5/c1-4-20-15(17)10-13(11-16(18)21-5-2)12-6-8-14(19-3)9-7-12/h6-9,13H,4-5,10-11H2,1-3H3. The summed E-state index contributed by atoms with van der Waals surface area (Å²) in [6.45, 7) is 4.17. The average molecular weight is 294 g/mol. The van der Waals surface area contributed by atoms with E-state index in [1.807, 2.05) is 12.1 Å². The van der Waals surface area contributed by atoms with Gasteiger partial charge in [-0.3, -0.25) is 9.59 Å². The van der Waals surface area contributed by atoms with Crippen LogP contribution in [0.1, 0.15) is 38.2 Å². The molecule has 5 nitrogen and oxygen atoms in total. The first-order valence-electron chi connectivity index (χ1n) is 7.05. The van der Waals surface area contributed by atoms with E-state index in [0.29, 0.717) is 13.2 Å². The number of methoxy groups -OCH3 is 1. The van der Waals surface area contributed by atoms with E-state index in [0.717, 1.165) is 11.3 Å². The molecule has 0 aromatic heterocycles. The van der Waals surface area contributed by atoms with E-state index in [1.165, 1.54) is 0 Å². The number of esters is 2. The van der Waals surface area contributed by atoms with E-state index in [2.05, 4.69) is 0 Å². The highest BCUT2D eigenvalue weighted by Gasteiger charge is 2.21. The zero-order chi connectivity index (χ0) is 15.7. The van der Waals surface area contributed by atoms with Crippen LogP contribution in [-0.4, -0.2) is 32.3 Å². The molecule has 21 heavy (non-hydrogen) atoms. The van der Waals surface area contributed by atoms with Crippen molar-refractivity contribution in [2.24, 2.45) is 0 Å². The van der Waals surface area contributed by atoms with Crippen molar-refractivity contribution in [2.45, 2.75) is 32.6 Å². The lowest BCUT2D eigenvalue weighted by Crippen LogP contribution is -2.15. The normalized spacial score (nSPS) is 10.3. The molecule has 116 valence electrons. The van der Waals surface area contributed by atoms with Crippen LogP contribution in [0, 0.1) is 0 Å². The average Bonchev–Trinajstić information content (AvgIpc) is 2.47. The van der Waals surface area contributed by atoms with Gasteiger partial charge in [-0.1, -0.05) is 12.1 Å². The van der Waals surface area contributed by atoms with Crippen LogP contribution < -0.4 is 4.74 Å². The van der Waals surface area contributed by atoms with Crippen molar-refractivity contribution in [3.05, 3.63) is 29.8 Å². The summed E-state index contributed by atoms with van der Waals surface area (Å²) < 4.78 is 15.0. The summed E-state index contributed by atoms with van der Waals surface area (Å²) in [6, 6.07) is 7.31. The zero-order valence-electron chi connectivity index (χ0n) is 12.8. The summed E-state index contributed by atoms with van der Waals surface area (Å²) in [6.07, 6.45) is 0.304. The largest absolute Gasteiger partial charge is 0.497 e. The number of carbonyl (C=O) groups excluding carboxylic acids is 2. The molecule has 0 N–H and O–H groups in total. The molecule has 0 spiro atoms. The molecule has 5 heteroatoms. The van der Waals surface area contributed by atoms with Gasteiger partial charge in [0.25, 0.3) is 0 Å². The molecule has 0 saturated carbocycles. The van der Waals surface area contributed by atoms with Gasteiger partial charge in [-0.15, -0.1) is 0 Å². The summed E-state index contributed by atoms with van der Waals surface area (Å²) >= 11 is 0. The molecule has 0 aliphatic carbocycles. The Hall–Kier alpha value is -2.04. The minimum atomic E-state index is -0.317.